The van der Waals surface area contributed by atoms with Crippen LogP contribution in [0.1, 0.15) is 42.0 Å². The van der Waals surface area contributed by atoms with E-state index < -0.39 is 11.5 Å². The summed E-state index contributed by atoms with van der Waals surface area (Å²) in [6, 6.07) is 20.2. The van der Waals surface area contributed by atoms with Crippen molar-refractivity contribution >= 4 is 27.9 Å². The predicted octanol–water partition coefficient (Wildman–Crippen LogP) is 4.38. The van der Waals surface area contributed by atoms with Gasteiger partial charge in [-0.3, -0.25) is 4.79 Å². The van der Waals surface area contributed by atoms with Gasteiger partial charge in [0, 0.05) is 42.7 Å². The third-order valence-corrected chi connectivity index (χ3v) is 7.15. The fourth-order valence-electron chi connectivity index (χ4n) is 5.32. The van der Waals surface area contributed by atoms with Crippen LogP contribution in [-0.2, 0) is 30.7 Å². The second-order valence-corrected chi connectivity index (χ2v) is 9.67. The third kappa shape index (κ3) is 4.21. The molecule has 0 bridgehead atoms. The van der Waals surface area contributed by atoms with E-state index >= 15 is 0 Å². The predicted molar refractivity (Wildman–Crippen MR) is 144 cm³/mol. The number of rotatable bonds is 5. The van der Waals surface area contributed by atoms with E-state index in [-0.39, 0.29) is 5.69 Å². The lowest BCUT2D eigenvalue weighted by Gasteiger charge is -2.18. The van der Waals surface area contributed by atoms with E-state index in [2.05, 4.69) is 16.7 Å². The monoisotopic (exact) mass is 492 g/mol. The molecule has 2 heterocycles. The number of nitrogens with zero attached hydrogens (tertiary/aromatic N) is 3. The first-order valence-corrected chi connectivity index (χ1v) is 12.7. The van der Waals surface area contributed by atoms with E-state index in [9.17, 15) is 9.59 Å². The van der Waals surface area contributed by atoms with Crippen molar-refractivity contribution in [2.45, 2.75) is 45.7 Å². The summed E-state index contributed by atoms with van der Waals surface area (Å²) < 4.78 is 3.24. The maximum atomic E-state index is 13.8. The first kappa shape index (κ1) is 23.2. The van der Waals surface area contributed by atoms with Gasteiger partial charge in [0.2, 0.25) is 0 Å². The Kier molecular flexibility index (Phi) is 5.85. The minimum atomic E-state index is -0.554. The zero-order valence-electron chi connectivity index (χ0n) is 20.7. The van der Waals surface area contributed by atoms with Crippen LogP contribution < -0.4 is 16.1 Å². The normalized spacial score (nSPS) is 13.1. The van der Waals surface area contributed by atoms with Crippen molar-refractivity contribution in [3.63, 3.8) is 0 Å². The van der Waals surface area contributed by atoms with Gasteiger partial charge in [-0.25, -0.2) is 9.78 Å². The molecule has 0 atom stereocenters. The molecule has 7 nitrogen and oxygen atoms in total. The summed E-state index contributed by atoms with van der Waals surface area (Å²) in [4.78, 5) is 36.1. The van der Waals surface area contributed by atoms with Crippen molar-refractivity contribution in [3.05, 3.63) is 99.5 Å². The van der Waals surface area contributed by atoms with Crippen molar-refractivity contribution in [1.82, 2.24) is 14.3 Å². The van der Waals surface area contributed by atoms with Crippen LogP contribution in [0.5, 0.6) is 0 Å². The maximum absolute atomic E-state index is 13.8. The van der Waals surface area contributed by atoms with E-state index in [1.807, 2.05) is 54.7 Å². The summed E-state index contributed by atoms with van der Waals surface area (Å²) in [5, 5.41) is 0.914. The molecule has 0 fully saturated rings. The highest BCUT2D eigenvalue weighted by Crippen LogP contribution is 2.31. The van der Waals surface area contributed by atoms with Crippen molar-refractivity contribution in [2.75, 3.05) is 0 Å². The van der Waals surface area contributed by atoms with E-state index in [0.29, 0.717) is 29.7 Å². The Morgan fingerprint density at radius 2 is 1.68 bits per heavy atom. The van der Waals surface area contributed by atoms with Crippen LogP contribution in [0, 0.1) is 0 Å². The van der Waals surface area contributed by atoms with Gasteiger partial charge in [-0.2, -0.15) is 0 Å². The summed E-state index contributed by atoms with van der Waals surface area (Å²) in [6.45, 7) is 2.44. The molecule has 1 aliphatic carbocycles. The van der Waals surface area contributed by atoms with Gasteiger partial charge in [-0.15, -0.1) is 4.73 Å². The first-order chi connectivity index (χ1) is 18.0. The summed E-state index contributed by atoms with van der Waals surface area (Å²) in [5.74, 6) is -0.554. The number of hydrogen-bond donors (Lipinski definition) is 1. The number of benzene rings is 3. The van der Waals surface area contributed by atoms with Gasteiger partial charge in [0.15, 0.2) is 0 Å². The minimum Gasteiger partial charge on any atom is -0.342 e. The highest BCUT2D eigenvalue weighted by Gasteiger charge is 2.21. The molecule has 1 aliphatic rings. The Morgan fingerprint density at radius 1 is 0.973 bits per heavy atom. The Labute approximate surface area is 214 Å². The molecule has 0 aliphatic heterocycles. The first-order valence-electron chi connectivity index (χ1n) is 12.7. The Bertz CT molecular complexity index is 1710. The summed E-state index contributed by atoms with van der Waals surface area (Å²) in [5.41, 5.74) is 13.1. The molecule has 0 radical (unpaired) electrons. The standard InChI is InChI=1S/C30H28N4O3/c1-19(35)37-34-28-15-23-7-3-2-6-22(23)14-26(28)32-29(30(34)36)25-18-33(27-9-5-4-8-24(25)27)17-21-12-10-20(16-31)11-13-21/h4-5,8-15,18H,2-3,6-7,16-17,31H2,1H3. The molecule has 6 rings (SSSR count). The van der Waals surface area contributed by atoms with Gasteiger partial charge < -0.3 is 15.1 Å². The fraction of sp³-hybridized carbons (Fsp3) is 0.233. The number of carbonyl (C=O) groups excluding carboxylic acids is 1. The number of aryl methyl sites for hydroxylation is 2. The summed E-state index contributed by atoms with van der Waals surface area (Å²) >= 11 is 0. The molecule has 0 saturated carbocycles. The third-order valence-electron chi connectivity index (χ3n) is 7.15. The van der Waals surface area contributed by atoms with E-state index in [0.717, 1.165) is 52.4 Å². The lowest BCUT2D eigenvalue weighted by Crippen LogP contribution is -2.32. The van der Waals surface area contributed by atoms with Crippen LogP contribution in [0.3, 0.4) is 0 Å². The van der Waals surface area contributed by atoms with Gasteiger partial charge in [-0.1, -0.05) is 42.5 Å². The van der Waals surface area contributed by atoms with Crippen molar-refractivity contribution in [2.24, 2.45) is 5.73 Å². The number of carbonyl (C=O) groups is 1. The molecule has 2 N–H and O–H groups in total. The Balaban J connectivity index is 1.55. The number of fused-ring (bicyclic) bond motifs is 3. The molecular formula is C30H28N4O3. The number of hydrogen-bond acceptors (Lipinski definition) is 5. The summed E-state index contributed by atoms with van der Waals surface area (Å²) in [6.07, 6.45) is 6.14. The van der Waals surface area contributed by atoms with Crippen LogP contribution in [0.15, 0.2) is 71.7 Å². The Morgan fingerprint density at radius 3 is 2.41 bits per heavy atom. The van der Waals surface area contributed by atoms with Crippen LogP contribution in [-0.4, -0.2) is 20.3 Å². The lowest BCUT2D eigenvalue weighted by atomic mass is 9.91. The molecule has 186 valence electrons. The molecular weight excluding hydrogens is 464 g/mol. The van der Waals surface area contributed by atoms with Crippen LogP contribution in [0.25, 0.3) is 33.2 Å². The SMILES string of the molecule is CC(=O)On1c(=O)c(-c2cn(Cc3ccc(CN)cc3)c3ccccc23)nc2cc3c(cc21)CCCC3. The second-order valence-electron chi connectivity index (χ2n) is 9.67. The van der Waals surface area contributed by atoms with Gasteiger partial charge >= 0.3 is 11.5 Å². The van der Waals surface area contributed by atoms with Crippen LogP contribution >= 0.6 is 0 Å². The topological polar surface area (TPSA) is 92.1 Å². The quantitative estimate of drug-likeness (QED) is 0.393. The van der Waals surface area contributed by atoms with Crippen LogP contribution in [0.2, 0.25) is 0 Å². The van der Waals surface area contributed by atoms with Crippen molar-refractivity contribution in [3.8, 4) is 11.3 Å². The number of para-hydroxylation sites is 1. The zero-order chi connectivity index (χ0) is 25.5. The molecule has 2 aromatic heterocycles. The Hall–Kier alpha value is -4.23. The molecule has 0 saturated heterocycles. The molecule has 5 aromatic rings. The number of nitrogens with two attached hydrogens (primary N) is 1. The van der Waals surface area contributed by atoms with E-state index in [1.54, 1.807) is 0 Å². The fourth-order valence-corrected chi connectivity index (χ4v) is 5.32. The average Bonchev–Trinajstić information content (AvgIpc) is 3.27. The van der Waals surface area contributed by atoms with Gasteiger partial charge in [0.1, 0.15) is 11.2 Å². The van der Waals surface area contributed by atoms with Gasteiger partial charge in [0.05, 0.1) is 5.52 Å². The average molecular weight is 493 g/mol. The molecule has 0 unspecified atom stereocenters. The number of aromatic nitrogens is 3. The molecule has 37 heavy (non-hydrogen) atoms. The van der Waals surface area contributed by atoms with Crippen molar-refractivity contribution in [1.29, 1.82) is 0 Å². The molecule has 0 amide bonds. The largest absolute Gasteiger partial charge is 0.342 e. The van der Waals surface area contributed by atoms with E-state index in [4.69, 9.17) is 15.6 Å². The molecule has 3 aromatic carbocycles. The van der Waals surface area contributed by atoms with E-state index in [1.165, 1.54) is 18.1 Å². The second kappa shape index (κ2) is 9.33. The van der Waals surface area contributed by atoms with Gasteiger partial charge in [0.25, 0.3) is 0 Å². The highest BCUT2D eigenvalue weighted by molar-refractivity contribution is 5.96. The molecule has 0 spiro atoms. The molecule has 7 heteroatoms. The smallest absolute Gasteiger partial charge is 0.330 e. The summed E-state index contributed by atoms with van der Waals surface area (Å²) in [7, 11) is 0. The van der Waals surface area contributed by atoms with Crippen LogP contribution in [0.4, 0.5) is 0 Å². The minimum absolute atomic E-state index is 0.262. The maximum Gasteiger partial charge on any atom is 0.330 e. The van der Waals surface area contributed by atoms with Crippen molar-refractivity contribution < 1.29 is 9.63 Å². The van der Waals surface area contributed by atoms with Gasteiger partial charge in [-0.05, 0) is 66.1 Å². The lowest BCUT2D eigenvalue weighted by molar-refractivity contribution is -0.141. The zero-order valence-corrected chi connectivity index (χ0v) is 20.7. The highest BCUT2D eigenvalue weighted by atomic mass is 16.7.